The number of nitrogens with zero attached hydrogens (tertiary/aromatic N) is 1. The van der Waals surface area contributed by atoms with Crippen molar-refractivity contribution in [2.75, 3.05) is 37.7 Å². The molecule has 1 heterocycles. The number of rotatable bonds is 5. The van der Waals surface area contributed by atoms with Crippen molar-refractivity contribution < 1.29 is 9.59 Å². The molecular weight excluding hydrogens is 240 g/mol. The Balaban J connectivity index is 2.12. The first-order valence-corrected chi connectivity index (χ1v) is 6.89. The van der Waals surface area contributed by atoms with Crippen molar-refractivity contribution in [2.45, 2.75) is 13.0 Å². The lowest BCUT2D eigenvalue weighted by molar-refractivity contribution is -0.121. The van der Waals surface area contributed by atoms with Gasteiger partial charge in [0.25, 0.3) is 0 Å². The molecule has 0 spiro atoms. The van der Waals surface area contributed by atoms with E-state index in [0.29, 0.717) is 0 Å². The summed E-state index contributed by atoms with van der Waals surface area (Å²) in [6, 6.07) is -1.21. The number of urea groups is 1. The minimum Gasteiger partial charge on any atom is -0.351 e. The molecule has 17 heavy (non-hydrogen) atoms. The summed E-state index contributed by atoms with van der Waals surface area (Å²) in [4.78, 5) is 24.2. The molecule has 0 aromatic rings. The summed E-state index contributed by atoms with van der Waals surface area (Å²) in [6.07, 6.45) is 0. The van der Waals surface area contributed by atoms with Crippen molar-refractivity contribution in [3.05, 3.63) is 0 Å². The molecule has 0 radical (unpaired) electrons. The number of nitrogens with one attached hydrogen (secondary N) is 2. The SMILES string of the molecule is CC(NCCN1CCSCC1)C(=O)NC(N)=O. The predicted molar refractivity (Wildman–Crippen MR) is 69.0 cm³/mol. The zero-order valence-electron chi connectivity index (χ0n) is 10.1. The van der Waals surface area contributed by atoms with Gasteiger partial charge in [-0.25, -0.2) is 4.79 Å². The predicted octanol–water partition coefficient (Wildman–Crippen LogP) is -0.792. The van der Waals surface area contributed by atoms with Gasteiger partial charge in [0.15, 0.2) is 0 Å². The number of hydrogen-bond donors (Lipinski definition) is 3. The van der Waals surface area contributed by atoms with E-state index < -0.39 is 12.1 Å². The van der Waals surface area contributed by atoms with E-state index in [4.69, 9.17) is 5.73 Å². The van der Waals surface area contributed by atoms with Gasteiger partial charge in [-0.05, 0) is 6.92 Å². The van der Waals surface area contributed by atoms with E-state index in [9.17, 15) is 9.59 Å². The molecule has 0 bridgehead atoms. The third-order valence-electron chi connectivity index (χ3n) is 2.62. The summed E-state index contributed by atoms with van der Waals surface area (Å²) >= 11 is 1.97. The molecule has 3 amide bonds. The molecule has 1 aliphatic rings. The molecule has 1 rings (SSSR count). The van der Waals surface area contributed by atoms with E-state index in [2.05, 4.69) is 15.5 Å². The van der Waals surface area contributed by atoms with Gasteiger partial charge in [-0.3, -0.25) is 10.1 Å². The fraction of sp³-hybridized carbons (Fsp3) is 0.800. The van der Waals surface area contributed by atoms with Crippen LogP contribution in [0.25, 0.3) is 0 Å². The van der Waals surface area contributed by atoms with Crippen LogP contribution in [0.3, 0.4) is 0 Å². The van der Waals surface area contributed by atoms with Crippen molar-refractivity contribution in [1.29, 1.82) is 0 Å². The molecule has 1 aliphatic heterocycles. The molecule has 0 aromatic heterocycles. The van der Waals surface area contributed by atoms with Crippen LogP contribution in [0, 0.1) is 0 Å². The summed E-state index contributed by atoms with van der Waals surface area (Å²) in [7, 11) is 0. The first kappa shape index (κ1) is 14.3. The maximum absolute atomic E-state index is 11.3. The maximum Gasteiger partial charge on any atom is 0.318 e. The lowest BCUT2D eigenvalue weighted by Gasteiger charge is -2.26. The van der Waals surface area contributed by atoms with Gasteiger partial charge in [0.05, 0.1) is 6.04 Å². The molecule has 0 aromatic carbocycles. The average molecular weight is 260 g/mol. The van der Waals surface area contributed by atoms with E-state index in [1.807, 2.05) is 11.8 Å². The van der Waals surface area contributed by atoms with Crippen LogP contribution in [-0.2, 0) is 4.79 Å². The maximum atomic E-state index is 11.3. The third kappa shape index (κ3) is 5.90. The number of hydrogen-bond acceptors (Lipinski definition) is 5. The lowest BCUT2D eigenvalue weighted by Crippen LogP contribution is -2.48. The molecule has 1 unspecified atom stereocenters. The second-order valence-electron chi connectivity index (χ2n) is 3.98. The quantitative estimate of drug-likeness (QED) is 0.603. The van der Waals surface area contributed by atoms with Crippen LogP contribution in [0.15, 0.2) is 0 Å². The Morgan fingerprint density at radius 2 is 2.06 bits per heavy atom. The molecule has 1 saturated heterocycles. The van der Waals surface area contributed by atoms with E-state index in [-0.39, 0.29) is 5.91 Å². The van der Waals surface area contributed by atoms with E-state index in [1.165, 1.54) is 11.5 Å². The van der Waals surface area contributed by atoms with Crippen LogP contribution in [0.1, 0.15) is 6.92 Å². The Bertz CT molecular complexity index is 269. The van der Waals surface area contributed by atoms with Crippen LogP contribution in [0.2, 0.25) is 0 Å². The van der Waals surface area contributed by atoms with Crippen LogP contribution in [0.5, 0.6) is 0 Å². The number of carbonyl (C=O) groups excluding carboxylic acids is 2. The van der Waals surface area contributed by atoms with E-state index in [0.717, 1.165) is 26.2 Å². The smallest absolute Gasteiger partial charge is 0.318 e. The van der Waals surface area contributed by atoms with Crippen molar-refractivity contribution in [1.82, 2.24) is 15.5 Å². The van der Waals surface area contributed by atoms with Gasteiger partial charge in [-0.1, -0.05) is 0 Å². The Kier molecular flexibility index (Phi) is 6.31. The highest BCUT2D eigenvalue weighted by atomic mass is 32.2. The monoisotopic (exact) mass is 260 g/mol. The average Bonchev–Trinajstić information content (AvgIpc) is 2.29. The van der Waals surface area contributed by atoms with E-state index in [1.54, 1.807) is 6.92 Å². The zero-order chi connectivity index (χ0) is 12.7. The van der Waals surface area contributed by atoms with Gasteiger partial charge in [-0.2, -0.15) is 11.8 Å². The molecular formula is C10H20N4O2S. The first-order valence-electron chi connectivity index (χ1n) is 5.73. The van der Waals surface area contributed by atoms with Crippen molar-refractivity contribution in [3.8, 4) is 0 Å². The number of thioether (sulfide) groups is 1. The van der Waals surface area contributed by atoms with Crippen LogP contribution >= 0.6 is 11.8 Å². The minimum absolute atomic E-state index is 0.383. The molecule has 0 aliphatic carbocycles. The molecule has 1 fully saturated rings. The fourth-order valence-corrected chi connectivity index (χ4v) is 2.57. The first-order chi connectivity index (χ1) is 8.09. The highest BCUT2D eigenvalue weighted by Crippen LogP contribution is 2.07. The fourth-order valence-electron chi connectivity index (χ4n) is 1.59. The normalized spacial score (nSPS) is 18.6. The summed E-state index contributed by atoms with van der Waals surface area (Å²) in [5, 5.41) is 5.12. The van der Waals surface area contributed by atoms with Crippen LogP contribution in [0.4, 0.5) is 4.79 Å². The van der Waals surface area contributed by atoms with Crippen LogP contribution in [-0.4, -0.2) is 60.6 Å². The number of carbonyl (C=O) groups is 2. The van der Waals surface area contributed by atoms with Gasteiger partial charge in [0, 0.05) is 37.7 Å². The van der Waals surface area contributed by atoms with Gasteiger partial charge < -0.3 is 16.0 Å². The van der Waals surface area contributed by atoms with Crippen LogP contribution < -0.4 is 16.4 Å². The summed E-state index contributed by atoms with van der Waals surface area (Å²) in [5.41, 5.74) is 4.87. The number of nitrogens with two attached hydrogens (primary N) is 1. The standard InChI is InChI=1S/C10H20N4O2S/c1-8(9(15)13-10(11)16)12-2-3-14-4-6-17-7-5-14/h8,12H,2-7H2,1H3,(H3,11,13,15,16). The second kappa shape index (κ2) is 7.52. The Morgan fingerprint density at radius 3 is 2.65 bits per heavy atom. The second-order valence-corrected chi connectivity index (χ2v) is 5.21. The Hall–Kier alpha value is -0.790. The third-order valence-corrected chi connectivity index (χ3v) is 3.56. The molecule has 6 nitrogen and oxygen atoms in total. The van der Waals surface area contributed by atoms with Gasteiger partial charge >= 0.3 is 6.03 Å². The van der Waals surface area contributed by atoms with Crippen molar-refractivity contribution in [2.24, 2.45) is 5.73 Å². The highest BCUT2D eigenvalue weighted by Gasteiger charge is 2.14. The Morgan fingerprint density at radius 1 is 1.41 bits per heavy atom. The Labute approximate surface area is 106 Å². The van der Waals surface area contributed by atoms with Gasteiger partial charge in [-0.15, -0.1) is 0 Å². The van der Waals surface area contributed by atoms with Gasteiger partial charge in [0.1, 0.15) is 0 Å². The molecule has 0 saturated carbocycles. The lowest BCUT2D eigenvalue weighted by atomic mass is 10.3. The molecule has 7 heteroatoms. The largest absolute Gasteiger partial charge is 0.351 e. The van der Waals surface area contributed by atoms with Crippen molar-refractivity contribution in [3.63, 3.8) is 0 Å². The number of amides is 3. The summed E-state index contributed by atoms with van der Waals surface area (Å²) < 4.78 is 0. The molecule has 98 valence electrons. The van der Waals surface area contributed by atoms with Crippen molar-refractivity contribution >= 4 is 23.7 Å². The van der Waals surface area contributed by atoms with Gasteiger partial charge in [0.2, 0.25) is 5.91 Å². The summed E-state index contributed by atoms with van der Waals surface area (Å²) in [5.74, 6) is 1.97. The topological polar surface area (TPSA) is 87.5 Å². The molecule has 4 N–H and O–H groups in total. The molecule has 1 atom stereocenters. The highest BCUT2D eigenvalue weighted by molar-refractivity contribution is 7.99. The zero-order valence-corrected chi connectivity index (χ0v) is 10.9. The number of primary amides is 1. The number of imide groups is 1. The minimum atomic E-state index is -0.809. The summed E-state index contributed by atoms with van der Waals surface area (Å²) in [6.45, 7) is 5.58. The van der Waals surface area contributed by atoms with E-state index >= 15 is 0 Å².